The summed E-state index contributed by atoms with van der Waals surface area (Å²) in [5, 5.41) is 12.7. The molecule has 0 aliphatic carbocycles. The third-order valence-electron chi connectivity index (χ3n) is 5.51. The van der Waals surface area contributed by atoms with Gasteiger partial charge in [-0.15, -0.1) is 5.10 Å². The predicted molar refractivity (Wildman–Crippen MR) is 118 cm³/mol. The Morgan fingerprint density at radius 1 is 1.09 bits per heavy atom. The summed E-state index contributed by atoms with van der Waals surface area (Å²) >= 11 is 0. The average molecular weight is 438 g/mol. The van der Waals surface area contributed by atoms with Crippen molar-refractivity contribution < 1.29 is 19.0 Å². The van der Waals surface area contributed by atoms with Gasteiger partial charge in [-0.05, 0) is 50.1 Å². The Morgan fingerprint density at radius 3 is 2.66 bits per heavy atom. The maximum absolute atomic E-state index is 13.3. The van der Waals surface area contributed by atoms with Crippen LogP contribution in [0.5, 0.6) is 17.4 Å². The summed E-state index contributed by atoms with van der Waals surface area (Å²) in [6.07, 6.45) is 1.58. The highest BCUT2D eigenvalue weighted by Gasteiger charge is 2.28. The highest BCUT2D eigenvalue weighted by Crippen LogP contribution is 2.33. The van der Waals surface area contributed by atoms with E-state index in [-0.39, 0.29) is 12.0 Å². The van der Waals surface area contributed by atoms with E-state index in [4.69, 9.17) is 14.2 Å². The lowest BCUT2D eigenvalue weighted by atomic mass is 10.1. The van der Waals surface area contributed by atoms with Crippen LogP contribution in [0.2, 0.25) is 0 Å². The van der Waals surface area contributed by atoms with Crippen LogP contribution >= 0.6 is 0 Å². The minimum atomic E-state index is -0.129. The lowest BCUT2D eigenvalue weighted by molar-refractivity contribution is 0.0516. The molecule has 32 heavy (non-hydrogen) atoms. The molecule has 9 heteroatoms. The maximum atomic E-state index is 13.3. The van der Waals surface area contributed by atoms with Crippen LogP contribution < -0.4 is 14.2 Å². The van der Waals surface area contributed by atoms with Crippen molar-refractivity contribution >= 4 is 5.91 Å². The summed E-state index contributed by atoms with van der Waals surface area (Å²) in [4.78, 5) is 15.1. The lowest BCUT2D eigenvalue weighted by Crippen LogP contribution is -2.45. The molecule has 168 valence electrons. The van der Waals surface area contributed by atoms with Gasteiger partial charge in [-0.3, -0.25) is 9.48 Å². The molecule has 0 spiro atoms. The SMILES string of the molecule is COc1ccc(OC)c(-c2cc(C(=O)N3CCCC(Oc4ccc(C)nn4)C3)n(C)n2)c1. The van der Waals surface area contributed by atoms with Crippen molar-refractivity contribution in [3.63, 3.8) is 0 Å². The number of hydrogen-bond donors (Lipinski definition) is 0. The van der Waals surface area contributed by atoms with Gasteiger partial charge in [-0.25, -0.2) is 0 Å². The minimum Gasteiger partial charge on any atom is -0.497 e. The van der Waals surface area contributed by atoms with E-state index in [1.165, 1.54) is 0 Å². The van der Waals surface area contributed by atoms with E-state index >= 15 is 0 Å². The molecule has 0 bridgehead atoms. The molecular weight excluding hydrogens is 410 g/mol. The van der Waals surface area contributed by atoms with E-state index in [1.54, 1.807) is 43.0 Å². The number of likely N-dealkylation sites (tertiary alicyclic amines) is 1. The van der Waals surface area contributed by atoms with E-state index in [2.05, 4.69) is 15.3 Å². The predicted octanol–water partition coefficient (Wildman–Crippen LogP) is 2.89. The third kappa shape index (κ3) is 4.51. The molecule has 1 aliphatic rings. The van der Waals surface area contributed by atoms with E-state index in [0.29, 0.717) is 41.9 Å². The monoisotopic (exact) mass is 437 g/mol. The Bertz CT molecular complexity index is 1100. The van der Waals surface area contributed by atoms with Gasteiger partial charge in [0.05, 0.1) is 32.2 Å². The number of methoxy groups -OCH3 is 2. The number of carbonyl (C=O) groups is 1. The first-order valence-corrected chi connectivity index (χ1v) is 10.5. The highest BCUT2D eigenvalue weighted by atomic mass is 16.5. The Morgan fingerprint density at radius 2 is 1.94 bits per heavy atom. The molecule has 0 N–H and O–H groups in total. The smallest absolute Gasteiger partial charge is 0.272 e. The van der Waals surface area contributed by atoms with Crippen molar-refractivity contribution in [2.75, 3.05) is 27.3 Å². The summed E-state index contributed by atoms with van der Waals surface area (Å²) < 4.78 is 18.4. The summed E-state index contributed by atoms with van der Waals surface area (Å²) in [5.74, 6) is 1.74. The van der Waals surface area contributed by atoms with Crippen LogP contribution in [0.1, 0.15) is 29.0 Å². The normalized spacial score (nSPS) is 16.0. The number of ether oxygens (including phenoxy) is 3. The molecule has 1 amide bonds. The number of hydrogen-bond acceptors (Lipinski definition) is 7. The summed E-state index contributed by atoms with van der Waals surface area (Å²) in [5.41, 5.74) is 2.74. The Balaban J connectivity index is 1.52. The van der Waals surface area contributed by atoms with Crippen LogP contribution in [0.15, 0.2) is 36.4 Å². The van der Waals surface area contributed by atoms with E-state index < -0.39 is 0 Å². The molecule has 9 nitrogen and oxygen atoms in total. The quantitative estimate of drug-likeness (QED) is 0.586. The molecule has 4 rings (SSSR count). The fourth-order valence-corrected chi connectivity index (χ4v) is 3.81. The van der Waals surface area contributed by atoms with Gasteiger partial charge in [0.2, 0.25) is 5.88 Å². The first-order valence-electron chi connectivity index (χ1n) is 10.5. The van der Waals surface area contributed by atoms with E-state index in [9.17, 15) is 4.79 Å². The fraction of sp³-hybridized carbons (Fsp3) is 0.391. The molecule has 1 saturated heterocycles. The first-order chi connectivity index (χ1) is 15.5. The zero-order valence-electron chi connectivity index (χ0n) is 18.7. The first kappa shape index (κ1) is 21.6. The standard InChI is InChI=1S/C23H27N5O4/c1-15-7-10-22(25-24-15)32-17-6-5-11-28(14-17)23(29)20-13-19(26-27(20)2)18-12-16(30-3)8-9-21(18)31-4/h7-10,12-13,17H,5-6,11,14H2,1-4H3. The van der Waals surface area contributed by atoms with Crippen LogP contribution in [0.25, 0.3) is 11.3 Å². The zero-order valence-corrected chi connectivity index (χ0v) is 18.7. The Kier molecular flexibility index (Phi) is 6.25. The molecule has 0 saturated carbocycles. The molecule has 0 radical (unpaired) electrons. The van der Waals surface area contributed by atoms with Gasteiger partial charge >= 0.3 is 0 Å². The molecule has 1 aliphatic heterocycles. The van der Waals surface area contributed by atoms with Crippen LogP contribution in [-0.4, -0.2) is 64.2 Å². The number of aromatic nitrogens is 4. The van der Waals surface area contributed by atoms with E-state index in [1.807, 2.05) is 31.2 Å². The number of aryl methyl sites for hydroxylation is 2. The van der Waals surface area contributed by atoms with Crippen molar-refractivity contribution in [1.82, 2.24) is 24.9 Å². The topological polar surface area (TPSA) is 91.6 Å². The second kappa shape index (κ2) is 9.25. The van der Waals surface area contributed by atoms with Crippen molar-refractivity contribution in [3.05, 3.63) is 47.8 Å². The molecule has 1 fully saturated rings. The van der Waals surface area contributed by atoms with Crippen LogP contribution in [0.4, 0.5) is 0 Å². The van der Waals surface area contributed by atoms with Gasteiger partial charge in [-0.2, -0.15) is 10.2 Å². The van der Waals surface area contributed by atoms with Crippen molar-refractivity contribution in [2.45, 2.75) is 25.9 Å². The van der Waals surface area contributed by atoms with Gasteiger partial charge in [-0.1, -0.05) is 0 Å². The number of rotatable bonds is 6. The number of nitrogens with zero attached hydrogens (tertiary/aromatic N) is 5. The van der Waals surface area contributed by atoms with Crippen molar-refractivity contribution in [3.8, 4) is 28.6 Å². The largest absolute Gasteiger partial charge is 0.497 e. The second-order valence-electron chi connectivity index (χ2n) is 7.75. The highest BCUT2D eigenvalue weighted by molar-refractivity contribution is 5.94. The molecule has 2 aromatic heterocycles. The Labute approximate surface area is 186 Å². The molecule has 3 heterocycles. The van der Waals surface area contributed by atoms with Gasteiger partial charge in [0.15, 0.2) is 0 Å². The molecule has 1 aromatic carbocycles. The number of benzene rings is 1. The van der Waals surface area contributed by atoms with E-state index in [0.717, 1.165) is 24.1 Å². The second-order valence-corrected chi connectivity index (χ2v) is 7.75. The van der Waals surface area contributed by atoms with Crippen LogP contribution in [0, 0.1) is 6.92 Å². The van der Waals surface area contributed by atoms with Gasteiger partial charge in [0.1, 0.15) is 23.3 Å². The van der Waals surface area contributed by atoms with Crippen LogP contribution in [-0.2, 0) is 7.05 Å². The van der Waals surface area contributed by atoms with Crippen molar-refractivity contribution in [1.29, 1.82) is 0 Å². The van der Waals surface area contributed by atoms with Gasteiger partial charge < -0.3 is 19.1 Å². The van der Waals surface area contributed by atoms with Gasteiger partial charge in [0.25, 0.3) is 5.91 Å². The number of amides is 1. The lowest BCUT2D eigenvalue weighted by Gasteiger charge is -2.32. The molecule has 1 unspecified atom stereocenters. The van der Waals surface area contributed by atoms with Crippen LogP contribution in [0.3, 0.4) is 0 Å². The fourth-order valence-electron chi connectivity index (χ4n) is 3.81. The zero-order chi connectivity index (χ0) is 22.7. The minimum absolute atomic E-state index is 0.0867. The summed E-state index contributed by atoms with van der Waals surface area (Å²) in [7, 11) is 4.98. The maximum Gasteiger partial charge on any atom is 0.272 e. The van der Waals surface area contributed by atoms with Crippen molar-refractivity contribution in [2.24, 2.45) is 7.05 Å². The summed E-state index contributed by atoms with van der Waals surface area (Å²) in [6.45, 7) is 3.03. The Hall–Kier alpha value is -3.62. The molecular formula is C23H27N5O4. The number of carbonyl (C=O) groups excluding carboxylic acids is 1. The van der Waals surface area contributed by atoms with Gasteiger partial charge in [0, 0.05) is 25.2 Å². The summed E-state index contributed by atoms with van der Waals surface area (Å²) in [6, 6.07) is 10.9. The number of piperidine rings is 1. The average Bonchev–Trinajstić information content (AvgIpc) is 3.21. The molecule has 1 atom stereocenters. The third-order valence-corrected chi connectivity index (χ3v) is 5.51. The molecule has 3 aromatic rings.